The second-order valence-electron chi connectivity index (χ2n) is 7.99. The van der Waals surface area contributed by atoms with Crippen LogP contribution in [0.4, 0.5) is 0 Å². The van der Waals surface area contributed by atoms with E-state index >= 15 is 0 Å². The average molecular weight is 340 g/mol. The molecule has 4 aliphatic rings. The van der Waals surface area contributed by atoms with Crippen molar-refractivity contribution in [3.63, 3.8) is 0 Å². The summed E-state index contributed by atoms with van der Waals surface area (Å²) in [5.74, 6) is -2.75. The van der Waals surface area contributed by atoms with Crippen LogP contribution in [0.1, 0.15) is 30.1 Å². The number of fused-ring (bicyclic) bond motifs is 4. The Hall–Kier alpha value is -1.89. The molecule has 3 N–H and O–H groups in total. The molecule has 6 rings (SSSR count). The number of aromatic nitrogens is 1. The van der Waals surface area contributed by atoms with Gasteiger partial charge in [-0.15, -0.1) is 0 Å². The molecule has 0 spiro atoms. The van der Waals surface area contributed by atoms with Crippen LogP contribution >= 0.6 is 0 Å². The molecular weight excluding hydrogens is 320 g/mol. The van der Waals surface area contributed by atoms with E-state index in [2.05, 4.69) is 16.0 Å². The number of carboxylic acids is 1. The molecule has 6 heteroatoms. The number of ether oxygens (including phenoxy) is 1. The number of aliphatic hydroxyl groups is 1. The van der Waals surface area contributed by atoms with Gasteiger partial charge in [0.15, 0.2) is 5.79 Å². The summed E-state index contributed by atoms with van der Waals surface area (Å²) < 4.78 is 5.93. The first-order valence-corrected chi connectivity index (χ1v) is 9.02. The highest BCUT2D eigenvalue weighted by Gasteiger charge is 2.72. The lowest BCUT2D eigenvalue weighted by molar-refractivity contribution is -0.231. The van der Waals surface area contributed by atoms with Crippen LogP contribution in [0.3, 0.4) is 0 Å². The van der Waals surface area contributed by atoms with E-state index in [0.29, 0.717) is 6.42 Å². The highest BCUT2D eigenvalue weighted by molar-refractivity contribution is 5.91. The molecule has 25 heavy (non-hydrogen) atoms. The third kappa shape index (κ3) is 1.39. The Bertz CT molecular complexity index is 923. The van der Waals surface area contributed by atoms with E-state index in [0.717, 1.165) is 41.7 Å². The molecule has 6 bridgehead atoms. The Balaban J connectivity index is 1.78. The van der Waals surface area contributed by atoms with Gasteiger partial charge < -0.3 is 19.9 Å². The van der Waals surface area contributed by atoms with Crippen molar-refractivity contribution >= 4 is 16.9 Å². The zero-order valence-electron chi connectivity index (χ0n) is 13.7. The van der Waals surface area contributed by atoms with Crippen LogP contribution in [-0.2, 0) is 14.9 Å². The molecule has 6 nitrogen and oxygen atoms in total. The first kappa shape index (κ1) is 14.3. The van der Waals surface area contributed by atoms with Crippen LogP contribution in [0, 0.1) is 11.8 Å². The maximum absolute atomic E-state index is 12.6. The van der Waals surface area contributed by atoms with Crippen molar-refractivity contribution in [1.82, 2.24) is 9.88 Å². The molecule has 3 saturated heterocycles. The zero-order valence-corrected chi connectivity index (χ0v) is 13.7. The van der Waals surface area contributed by atoms with Crippen LogP contribution in [-0.4, -0.2) is 51.5 Å². The largest absolute Gasteiger partial charge is 0.480 e. The summed E-state index contributed by atoms with van der Waals surface area (Å²) in [7, 11) is 0. The van der Waals surface area contributed by atoms with Gasteiger partial charge in [0, 0.05) is 34.5 Å². The number of aliphatic carboxylic acids is 1. The topological polar surface area (TPSA) is 85.8 Å². The number of carbonyl (C=O) groups is 1. The number of carboxylic acid groups (broad SMARTS) is 1. The quantitative estimate of drug-likeness (QED) is 0.734. The predicted octanol–water partition coefficient (Wildman–Crippen LogP) is 1.61. The molecular formula is C19H20N2O4. The van der Waals surface area contributed by atoms with Gasteiger partial charge in [-0.3, -0.25) is 9.69 Å². The van der Waals surface area contributed by atoms with Crippen LogP contribution in [0.5, 0.6) is 0 Å². The number of nitrogens with zero attached hydrogens (tertiary/aromatic N) is 1. The molecule has 1 aromatic heterocycles. The number of para-hydroxylation sites is 1. The van der Waals surface area contributed by atoms with Gasteiger partial charge in [-0.25, -0.2) is 0 Å². The number of aromatic amines is 1. The molecule has 130 valence electrons. The van der Waals surface area contributed by atoms with Crippen molar-refractivity contribution in [3.05, 3.63) is 35.5 Å². The molecule has 3 aliphatic heterocycles. The molecule has 1 aromatic carbocycles. The SMILES string of the molecule is O=C(O)[C@]12CO[C@]3(O)C1CCN1CC[C@@H]3[C@H]1c1c2[nH]c2ccccc12. The number of rotatable bonds is 1. The van der Waals surface area contributed by atoms with Gasteiger partial charge in [-0.05, 0) is 37.6 Å². The monoisotopic (exact) mass is 340 g/mol. The Labute approximate surface area is 144 Å². The lowest BCUT2D eigenvalue weighted by Gasteiger charge is -2.36. The summed E-state index contributed by atoms with van der Waals surface area (Å²) in [4.78, 5) is 18.4. The highest BCUT2D eigenvalue weighted by atomic mass is 16.6. The summed E-state index contributed by atoms with van der Waals surface area (Å²) in [5.41, 5.74) is 1.60. The normalized spacial score (nSPS) is 43.9. The molecule has 0 saturated carbocycles. The van der Waals surface area contributed by atoms with E-state index < -0.39 is 23.1 Å². The van der Waals surface area contributed by atoms with Crippen molar-refractivity contribution in [2.24, 2.45) is 11.8 Å². The second kappa shape index (κ2) is 4.26. The third-order valence-corrected chi connectivity index (χ3v) is 7.23. The average Bonchev–Trinajstić information content (AvgIpc) is 3.19. The predicted molar refractivity (Wildman–Crippen MR) is 89.0 cm³/mol. The van der Waals surface area contributed by atoms with Crippen LogP contribution in [0.2, 0.25) is 0 Å². The molecule has 3 fully saturated rings. The molecule has 1 aliphatic carbocycles. The first-order valence-electron chi connectivity index (χ1n) is 9.02. The fourth-order valence-corrected chi connectivity index (χ4v) is 6.21. The minimum absolute atomic E-state index is 0.0164. The number of hydrogen-bond donors (Lipinski definition) is 3. The molecule has 0 amide bonds. The van der Waals surface area contributed by atoms with Gasteiger partial charge in [0.1, 0.15) is 5.41 Å². The number of hydrogen-bond acceptors (Lipinski definition) is 4. The lowest BCUT2D eigenvalue weighted by atomic mass is 9.69. The minimum Gasteiger partial charge on any atom is -0.480 e. The van der Waals surface area contributed by atoms with E-state index in [9.17, 15) is 15.0 Å². The van der Waals surface area contributed by atoms with E-state index in [4.69, 9.17) is 4.74 Å². The fraction of sp³-hybridized carbons (Fsp3) is 0.526. The van der Waals surface area contributed by atoms with Gasteiger partial charge in [0.25, 0.3) is 0 Å². The van der Waals surface area contributed by atoms with Crippen LogP contribution < -0.4 is 0 Å². The Morgan fingerprint density at radius 1 is 1.28 bits per heavy atom. The molecule has 2 aromatic rings. The van der Waals surface area contributed by atoms with Gasteiger partial charge in [-0.2, -0.15) is 0 Å². The van der Waals surface area contributed by atoms with Crippen molar-refractivity contribution in [3.8, 4) is 0 Å². The maximum atomic E-state index is 12.6. The smallest absolute Gasteiger partial charge is 0.318 e. The van der Waals surface area contributed by atoms with Crippen LogP contribution in [0.25, 0.3) is 10.9 Å². The molecule has 6 atom stereocenters. The van der Waals surface area contributed by atoms with Gasteiger partial charge >= 0.3 is 5.97 Å². The standard InChI is InChI=1S/C19H20N2O4/c22-17(23)18-9-25-19(24)11-5-7-21(8-6-13(18)19)15(11)14-10-3-1-2-4-12(10)20-16(14)18/h1-4,11,13,15,20,24H,5-9H2,(H,22,23)/t11-,13?,15+,18-,19+/m1/s1. The van der Waals surface area contributed by atoms with E-state index in [1.807, 2.05) is 18.2 Å². The molecule has 4 heterocycles. The van der Waals surface area contributed by atoms with E-state index in [1.54, 1.807) is 0 Å². The van der Waals surface area contributed by atoms with Crippen molar-refractivity contribution in [2.45, 2.75) is 30.1 Å². The molecule has 2 unspecified atom stereocenters. The second-order valence-corrected chi connectivity index (χ2v) is 7.99. The van der Waals surface area contributed by atoms with E-state index in [1.165, 1.54) is 0 Å². The first-order chi connectivity index (χ1) is 12.1. The maximum Gasteiger partial charge on any atom is 0.318 e. The third-order valence-electron chi connectivity index (χ3n) is 7.23. The lowest BCUT2D eigenvalue weighted by Crippen LogP contribution is -2.50. The van der Waals surface area contributed by atoms with Crippen molar-refractivity contribution < 1.29 is 19.7 Å². The van der Waals surface area contributed by atoms with Gasteiger partial charge in [0.05, 0.1) is 6.61 Å². The number of nitrogens with one attached hydrogen (secondary N) is 1. The fourth-order valence-electron chi connectivity index (χ4n) is 6.21. The van der Waals surface area contributed by atoms with Crippen LogP contribution in [0.15, 0.2) is 24.3 Å². The Kier molecular flexibility index (Phi) is 2.43. The Morgan fingerprint density at radius 2 is 2.08 bits per heavy atom. The van der Waals surface area contributed by atoms with Gasteiger partial charge in [-0.1, -0.05) is 18.2 Å². The summed E-state index contributed by atoms with van der Waals surface area (Å²) in [6.07, 6.45) is 1.48. The summed E-state index contributed by atoms with van der Waals surface area (Å²) in [6, 6.07) is 8.05. The Morgan fingerprint density at radius 3 is 2.92 bits per heavy atom. The summed E-state index contributed by atoms with van der Waals surface area (Å²) in [5, 5.41) is 22.9. The zero-order chi connectivity index (χ0) is 17.0. The summed E-state index contributed by atoms with van der Waals surface area (Å²) >= 11 is 0. The summed E-state index contributed by atoms with van der Waals surface area (Å²) in [6.45, 7) is 1.77. The highest BCUT2D eigenvalue weighted by Crippen LogP contribution is 2.63. The van der Waals surface area contributed by atoms with Crippen molar-refractivity contribution in [1.29, 1.82) is 0 Å². The number of H-pyrrole nitrogens is 1. The minimum atomic E-state index is -1.35. The van der Waals surface area contributed by atoms with Crippen molar-refractivity contribution in [2.75, 3.05) is 19.7 Å². The van der Waals surface area contributed by atoms with E-state index in [-0.39, 0.29) is 18.6 Å². The number of benzene rings is 1. The molecule has 0 radical (unpaired) electrons. The van der Waals surface area contributed by atoms with Gasteiger partial charge in [0.2, 0.25) is 0 Å².